The van der Waals surface area contributed by atoms with E-state index in [1.807, 2.05) is 13.0 Å². The maximum Gasteiger partial charge on any atom is 0.320 e. The molecule has 0 saturated heterocycles. The normalized spacial score (nSPS) is 11.9. The van der Waals surface area contributed by atoms with Crippen LogP contribution in [0.25, 0.3) is 0 Å². The number of aliphatic hydroxyl groups is 1. The molecular formula is C13H14BrN3O3. The fourth-order valence-corrected chi connectivity index (χ4v) is 2.04. The van der Waals surface area contributed by atoms with E-state index in [1.165, 1.54) is 6.26 Å². The van der Waals surface area contributed by atoms with Crippen molar-refractivity contribution in [1.82, 2.24) is 10.3 Å². The molecule has 0 unspecified atom stereocenters. The maximum atomic E-state index is 11.7. The van der Waals surface area contributed by atoms with E-state index in [0.29, 0.717) is 11.6 Å². The fraction of sp³-hybridized carbons (Fsp3) is 0.231. The molecule has 1 atom stereocenters. The van der Waals surface area contributed by atoms with Gasteiger partial charge in [0.1, 0.15) is 17.7 Å². The minimum Gasteiger partial charge on any atom is -0.467 e. The Morgan fingerprint density at radius 1 is 1.60 bits per heavy atom. The second-order valence-electron chi connectivity index (χ2n) is 4.19. The number of urea groups is 1. The van der Waals surface area contributed by atoms with Crippen LogP contribution in [0.5, 0.6) is 0 Å². The van der Waals surface area contributed by atoms with Crippen molar-refractivity contribution in [3.05, 3.63) is 46.5 Å². The highest BCUT2D eigenvalue weighted by Crippen LogP contribution is 2.16. The third-order valence-electron chi connectivity index (χ3n) is 2.60. The van der Waals surface area contributed by atoms with Gasteiger partial charge in [0.05, 0.1) is 12.8 Å². The van der Waals surface area contributed by atoms with E-state index in [1.54, 1.807) is 18.3 Å². The van der Waals surface area contributed by atoms with Crippen molar-refractivity contribution in [3.63, 3.8) is 0 Å². The minimum atomic E-state index is -0.880. The van der Waals surface area contributed by atoms with E-state index in [2.05, 4.69) is 31.5 Å². The van der Waals surface area contributed by atoms with Crippen molar-refractivity contribution in [2.75, 3.05) is 11.9 Å². The Kier molecular flexibility index (Phi) is 4.75. The number of pyridine rings is 1. The fourth-order valence-electron chi connectivity index (χ4n) is 1.59. The van der Waals surface area contributed by atoms with Gasteiger partial charge in [0.15, 0.2) is 0 Å². The van der Waals surface area contributed by atoms with Crippen LogP contribution in [-0.2, 0) is 0 Å². The van der Waals surface area contributed by atoms with Crippen molar-refractivity contribution >= 4 is 27.8 Å². The molecule has 6 nitrogen and oxygen atoms in total. The quantitative estimate of drug-likeness (QED) is 0.798. The van der Waals surface area contributed by atoms with Crippen LogP contribution in [0, 0.1) is 6.92 Å². The molecule has 0 radical (unpaired) electrons. The van der Waals surface area contributed by atoms with E-state index >= 15 is 0 Å². The number of aryl methyl sites for hydroxylation is 1. The number of carbonyl (C=O) groups excluding carboxylic acids is 1. The van der Waals surface area contributed by atoms with E-state index < -0.39 is 12.1 Å². The number of nitrogens with one attached hydrogen (secondary N) is 2. The Bertz CT molecular complexity index is 587. The first-order chi connectivity index (χ1) is 9.56. The predicted octanol–water partition coefficient (Wildman–Crippen LogP) is 2.60. The number of anilines is 1. The zero-order chi connectivity index (χ0) is 14.5. The number of halogens is 1. The van der Waals surface area contributed by atoms with Gasteiger partial charge in [-0.15, -0.1) is 0 Å². The highest BCUT2D eigenvalue weighted by atomic mass is 79.9. The van der Waals surface area contributed by atoms with Crippen LogP contribution < -0.4 is 10.6 Å². The topological polar surface area (TPSA) is 87.4 Å². The van der Waals surface area contributed by atoms with Gasteiger partial charge in [0.2, 0.25) is 0 Å². The molecule has 2 amide bonds. The van der Waals surface area contributed by atoms with Crippen LogP contribution in [0.2, 0.25) is 0 Å². The summed E-state index contributed by atoms with van der Waals surface area (Å²) in [7, 11) is 0. The molecule has 0 fully saturated rings. The molecule has 7 heteroatoms. The van der Waals surface area contributed by atoms with Gasteiger partial charge in [-0.05, 0) is 46.6 Å². The van der Waals surface area contributed by atoms with Crippen LogP contribution in [0.1, 0.15) is 17.4 Å². The number of aliphatic hydroxyl groups excluding tert-OH is 1. The van der Waals surface area contributed by atoms with Crippen molar-refractivity contribution in [2.45, 2.75) is 13.0 Å². The van der Waals surface area contributed by atoms with Crippen LogP contribution in [0.15, 0.2) is 39.5 Å². The average molecular weight is 340 g/mol. The first-order valence-electron chi connectivity index (χ1n) is 5.94. The molecule has 3 N–H and O–H groups in total. The summed E-state index contributed by atoms with van der Waals surface area (Å²) in [5.41, 5.74) is 0.834. The van der Waals surface area contributed by atoms with Crippen LogP contribution in [-0.4, -0.2) is 22.7 Å². The Morgan fingerprint density at radius 2 is 2.40 bits per heavy atom. The second kappa shape index (κ2) is 6.53. The summed E-state index contributed by atoms with van der Waals surface area (Å²) in [6.45, 7) is 1.89. The number of amides is 2. The number of hydrogen-bond acceptors (Lipinski definition) is 4. The van der Waals surface area contributed by atoms with Gasteiger partial charge in [-0.2, -0.15) is 0 Å². The molecule has 0 bridgehead atoms. The van der Waals surface area contributed by atoms with Crippen LogP contribution >= 0.6 is 15.9 Å². The summed E-state index contributed by atoms with van der Waals surface area (Å²) in [4.78, 5) is 15.8. The van der Waals surface area contributed by atoms with Crippen molar-refractivity contribution in [2.24, 2.45) is 0 Å². The minimum absolute atomic E-state index is 0.0505. The van der Waals surface area contributed by atoms with Gasteiger partial charge in [0, 0.05) is 10.7 Å². The van der Waals surface area contributed by atoms with Gasteiger partial charge in [-0.25, -0.2) is 9.78 Å². The molecule has 0 aliphatic rings. The van der Waals surface area contributed by atoms with Crippen LogP contribution in [0.4, 0.5) is 10.6 Å². The van der Waals surface area contributed by atoms with E-state index in [9.17, 15) is 9.90 Å². The maximum absolute atomic E-state index is 11.7. The number of nitrogens with zero attached hydrogens (tertiary/aromatic N) is 1. The first-order valence-corrected chi connectivity index (χ1v) is 6.74. The summed E-state index contributed by atoms with van der Waals surface area (Å²) in [5.74, 6) is 0.876. The van der Waals surface area contributed by atoms with Gasteiger partial charge in [-0.1, -0.05) is 0 Å². The molecule has 106 valence electrons. The van der Waals surface area contributed by atoms with Crippen molar-refractivity contribution < 1.29 is 14.3 Å². The molecule has 2 aromatic heterocycles. The highest BCUT2D eigenvalue weighted by Gasteiger charge is 2.12. The van der Waals surface area contributed by atoms with Crippen molar-refractivity contribution in [3.8, 4) is 0 Å². The molecule has 0 spiro atoms. The lowest BCUT2D eigenvalue weighted by Gasteiger charge is -2.11. The number of carbonyl (C=O) groups is 1. The number of aromatic nitrogens is 1. The summed E-state index contributed by atoms with van der Waals surface area (Å²) < 4.78 is 5.88. The molecule has 0 aliphatic heterocycles. The van der Waals surface area contributed by atoms with Crippen LogP contribution in [0.3, 0.4) is 0 Å². The van der Waals surface area contributed by atoms with E-state index in [-0.39, 0.29) is 6.54 Å². The van der Waals surface area contributed by atoms with Gasteiger partial charge in [-0.3, -0.25) is 5.32 Å². The molecule has 2 rings (SSSR count). The van der Waals surface area contributed by atoms with Crippen molar-refractivity contribution in [1.29, 1.82) is 0 Å². The summed E-state index contributed by atoms with van der Waals surface area (Å²) in [5, 5.41) is 14.9. The number of furan rings is 1. The molecule has 20 heavy (non-hydrogen) atoms. The molecule has 0 aliphatic carbocycles. The smallest absolute Gasteiger partial charge is 0.320 e. The first kappa shape index (κ1) is 14.5. The lowest BCUT2D eigenvalue weighted by Crippen LogP contribution is -2.32. The Morgan fingerprint density at radius 3 is 3.05 bits per heavy atom. The number of rotatable bonds is 4. The predicted molar refractivity (Wildman–Crippen MR) is 77.4 cm³/mol. The summed E-state index contributed by atoms with van der Waals surface area (Å²) >= 11 is 3.30. The zero-order valence-corrected chi connectivity index (χ0v) is 12.3. The molecule has 0 aromatic carbocycles. The van der Waals surface area contributed by atoms with Gasteiger partial charge in [0.25, 0.3) is 0 Å². The summed E-state index contributed by atoms with van der Waals surface area (Å²) in [6.07, 6.45) is 2.18. The molecule has 2 aromatic rings. The van der Waals surface area contributed by atoms with E-state index in [0.717, 1.165) is 10.0 Å². The SMILES string of the molecule is Cc1cc(Br)cnc1NC(=O)NC[C@H](O)c1ccco1. The molecule has 2 heterocycles. The Labute approximate surface area is 124 Å². The van der Waals surface area contributed by atoms with Gasteiger partial charge >= 0.3 is 6.03 Å². The zero-order valence-electron chi connectivity index (χ0n) is 10.8. The Hall–Kier alpha value is -1.86. The standard InChI is InChI=1S/C13H14BrN3O3/c1-8-5-9(14)6-15-12(8)17-13(19)16-7-10(18)11-3-2-4-20-11/h2-6,10,18H,7H2,1H3,(H2,15,16,17,19)/t10-/m0/s1. The lowest BCUT2D eigenvalue weighted by molar-refractivity contribution is 0.149. The number of hydrogen-bond donors (Lipinski definition) is 3. The third-order valence-corrected chi connectivity index (χ3v) is 3.04. The monoisotopic (exact) mass is 339 g/mol. The molecular weight excluding hydrogens is 326 g/mol. The summed E-state index contributed by atoms with van der Waals surface area (Å²) in [6, 6.07) is 4.73. The average Bonchev–Trinajstić information content (AvgIpc) is 2.93. The second-order valence-corrected chi connectivity index (χ2v) is 5.10. The molecule has 0 saturated carbocycles. The largest absolute Gasteiger partial charge is 0.467 e. The lowest BCUT2D eigenvalue weighted by atomic mass is 10.3. The third kappa shape index (κ3) is 3.82. The van der Waals surface area contributed by atoms with E-state index in [4.69, 9.17) is 4.42 Å². The van der Waals surface area contributed by atoms with Gasteiger partial charge < -0.3 is 14.8 Å². The Balaban J connectivity index is 1.86. The highest BCUT2D eigenvalue weighted by molar-refractivity contribution is 9.10.